The summed E-state index contributed by atoms with van der Waals surface area (Å²) in [7, 11) is 0. The molecule has 3 aromatic heterocycles. The Morgan fingerprint density at radius 2 is 2.13 bits per heavy atom. The SMILES string of the molecule is Cc1nc2ccc(C(F)(F)F)cn2c1C(=O)NCc1ccco1. The van der Waals surface area contributed by atoms with E-state index in [1.807, 2.05) is 0 Å². The molecule has 0 bridgehead atoms. The fourth-order valence-corrected chi connectivity index (χ4v) is 2.27. The third kappa shape index (κ3) is 2.92. The molecule has 1 N–H and O–H groups in total. The molecular weight excluding hydrogens is 311 g/mol. The molecule has 8 heteroatoms. The number of nitrogens with one attached hydrogen (secondary N) is 1. The smallest absolute Gasteiger partial charge is 0.417 e. The van der Waals surface area contributed by atoms with Gasteiger partial charge in [-0.25, -0.2) is 4.98 Å². The van der Waals surface area contributed by atoms with E-state index in [0.29, 0.717) is 11.5 Å². The van der Waals surface area contributed by atoms with Gasteiger partial charge in [-0.1, -0.05) is 0 Å². The van der Waals surface area contributed by atoms with E-state index in [-0.39, 0.29) is 17.9 Å². The quantitative estimate of drug-likeness (QED) is 0.805. The number of alkyl halides is 3. The van der Waals surface area contributed by atoms with E-state index in [2.05, 4.69) is 10.3 Å². The predicted octanol–water partition coefficient (Wildman–Crippen LogP) is 3.18. The summed E-state index contributed by atoms with van der Waals surface area (Å²) in [6.45, 7) is 1.71. The average molecular weight is 323 g/mol. The summed E-state index contributed by atoms with van der Waals surface area (Å²) in [4.78, 5) is 16.4. The van der Waals surface area contributed by atoms with E-state index in [1.165, 1.54) is 12.3 Å². The predicted molar refractivity (Wildman–Crippen MR) is 74.8 cm³/mol. The first-order valence-electron chi connectivity index (χ1n) is 6.73. The molecule has 23 heavy (non-hydrogen) atoms. The van der Waals surface area contributed by atoms with Gasteiger partial charge in [-0.3, -0.25) is 9.20 Å². The van der Waals surface area contributed by atoms with Crippen LogP contribution in [0.4, 0.5) is 13.2 Å². The normalized spacial score (nSPS) is 11.8. The maximum absolute atomic E-state index is 12.8. The van der Waals surface area contributed by atoms with E-state index >= 15 is 0 Å². The van der Waals surface area contributed by atoms with Crippen LogP contribution in [0, 0.1) is 6.92 Å². The minimum Gasteiger partial charge on any atom is -0.467 e. The Labute approximate surface area is 128 Å². The summed E-state index contributed by atoms with van der Waals surface area (Å²) in [6, 6.07) is 5.53. The average Bonchev–Trinajstić information content (AvgIpc) is 3.09. The van der Waals surface area contributed by atoms with Crippen molar-refractivity contribution in [2.45, 2.75) is 19.6 Å². The van der Waals surface area contributed by atoms with Crippen molar-refractivity contribution >= 4 is 11.6 Å². The van der Waals surface area contributed by atoms with Crippen LogP contribution in [-0.2, 0) is 12.7 Å². The molecule has 0 aliphatic carbocycles. The monoisotopic (exact) mass is 323 g/mol. The zero-order valence-electron chi connectivity index (χ0n) is 12.0. The van der Waals surface area contributed by atoms with Crippen molar-refractivity contribution in [1.29, 1.82) is 0 Å². The maximum atomic E-state index is 12.8. The van der Waals surface area contributed by atoms with Crippen molar-refractivity contribution in [3.63, 3.8) is 0 Å². The Hall–Kier alpha value is -2.77. The standard InChI is InChI=1S/C15H12F3N3O2/c1-9-13(14(22)19-7-11-3-2-6-23-11)21-8-10(15(16,17)18)4-5-12(21)20-9/h2-6,8H,7H2,1H3,(H,19,22). The molecule has 0 aliphatic heterocycles. The van der Waals surface area contributed by atoms with Crippen molar-refractivity contribution in [2.75, 3.05) is 0 Å². The number of aromatic nitrogens is 2. The van der Waals surface area contributed by atoms with Crippen LogP contribution in [0.1, 0.15) is 27.5 Å². The van der Waals surface area contributed by atoms with Crippen LogP contribution in [0.3, 0.4) is 0 Å². The number of furan rings is 1. The van der Waals surface area contributed by atoms with Gasteiger partial charge in [-0.2, -0.15) is 13.2 Å². The van der Waals surface area contributed by atoms with Gasteiger partial charge in [0, 0.05) is 6.20 Å². The molecule has 5 nitrogen and oxygen atoms in total. The first kappa shape index (κ1) is 15.1. The van der Waals surface area contributed by atoms with Gasteiger partial charge in [-0.15, -0.1) is 0 Å². The second-order valence-electron chi connectivity index (χ2n) is 4.95. The topological polar surface area (TPSA) is 59.5 Å². The zero-order valence-corrected chi connectivity index (χ0v) is 12.0. The molecule has 1 amide bonds. The first-order chi connectivity index (χ1) is 10.9. The molecule has 0 aromatic carbocycles. The van der Waals surface area contributed by atoms with E-state index in [0.717, 1.165) is 16.7 Å². The number of nitrogens with zero attached hydrogens (tertiary/aromatic N) is 2. The highest BCUT2D eigenvalue weighted by molar-refractivity contribution is 5.94. The lowest BCUT2D eigenvalue weighted by atomic mass is 10.2. The number of imidazole rings is 1. The number of carbonyl (C=O) groups is 1. The number of hydrogen-bond acceptors (Lipinski definition) is 3. The number of carbonyl (C=O) groups excluding carboxylic acids is 1. The Bertz CT molecular complexity index is 851. The molecule has 0 spiro atoms. The van der Waals surface area contributed by atoms with Gasteiger partial charge in [0.1, 0.15) is 17.1 Å². The van der Waals surface area contributed by atoms with Crippen LogP contribution in [0.5, 0.6) is 0 Å². The first-order valence-corrected chi connectivity index (χ1v) is 6.73. The maximum Gasteiger partial charge on any atom is 0.417 e. The zero-order chi connectivity index (χ0) is 16.6. The largest absolute Gasteiger partial charge is 0.467 e. The highest BCUT2D eigenvalue weighted by Crippen LogP contribution is 2.29. The number of amides is 1. The molecule has 120 valence electrons. The van der Waals surface area contributed by atoms with Gasteiger partial charge >= 0.3 is 6.18 Å². The number of fused-ring (bicyclic) bond motifs is 1. The molecular formula is C15H12F3N3O2. The van der Waals surface area contributed by atoms with E-state index in [9.17, 15) is 18.0 Å². The highest BCUT2D eigenvalue weighted by atomic mass is 19.4. The van der Waals surface area contributed by atoms with Crippen LogP contribution in [0.25, 0.3) is 5.65 Å². The molecule has 3 aromatic rings. The fraction of sp³-hybridized carbons (Fsp3) is 0.200. The number of aryl methyl sites for hydroxylation is 1. The van der Waals surface area contributed by atoms with Gasteiger partial charge in [-0.05, 0) is 31.2 Å². The lowest BCUT2D eigenvalue weighted by Gasteiger charge is -2.08. The summed E-state index contributed by atoms with van der Waals surface area (Å²) >= 11 is 0. The van der Waals surface area contributed by atoms with Crippen molar-refractivity contribution in [3.05, 3.63) is 59.4 Å². The van der Waals surface area contributed by atoms with Crippen LogP contribution in [-0.4, -0.2) is 15.3 Å². The molecule has 0 fully saturated rings. The summed E-state index contributed by atoms with van der Waals surface area (Å²) < 4.78 is 44.8. The van der Waals surface area contributed by atoms with Crippen molar-refractivity contribution < 1.29 is 22.4 Å². The third-order valence-corrected chi connectivity index (χ3v) is 3.34. The summed E-state index contributed by atoms with van der Waals surface area (Å²) in [5, 5.41) is 2.60. The Balaban J connectivity index is 1.95. The molecule has 3 rings (SSSR count). The van der Waals surface area contributed by atoms with E-state index in [1.54, 1.807) is 19.1 Å². The molecule has 0 atom stereocenters. The lowest BCUT2D eigenvalue weighted by Crippen LogP contribution is -2.25. The minimum absolute atomic E-state index is 0.0673. The van der Waals surface area contributed by atoms with Gasteiger partial charge in [0.2, 0.25) is 0 Å². The number of hydrogen-bond donors (Lipinski definition) is 1. The lowest BCUT2D eigenvalue weighted by molar-refractivity contribution is -0.137. The van der Waals surface area contributed by atoms with Crippen LogP contribution < -0.4 is 5.32 Å². The molecule has 0 radical (unpaired) electrons. The van der Waals surface area contributed by atoms with Crippen LogP contribution in [0.15, 0.2) is 41.1 Å². The van der Waals surface area contributed by atoms with Crippen LogP contribution in [0.2, 0.25) is 0 Å². The van der Waals surface area contributed by atoms with Gasteiger partial charge in [0.05, 0.1) is 24.1 Å². The molecule has 0 saturated carbocycles. The molecule has 3 heterocycles. The number of halogens is 3. The highest BCUT2D eigenvalue weighted by Gasteiger charge is 2.31. The van der Waals surface area contributed by atoms with E-state index < -0.39 is 17.6 Å². The molecule has 0 saturated heterocycles. The van der Waals surface area contributed by atoms with Crippen molar-refractivity contribution in [2.24, 2.45) is 0 Å². The second-order valence-corrected chi connectivity index (χ2v) is 4.95. The van der Waals surface area contributed by atoms with Gasteiger partial charge < -0.3 is 9.73 Å². The fourth-order valence-electron chi connectivity index (χ4n) is 2.27. The molecule has 0 aliphatic rings. The number of rotatable bonds is 3. The van der Waals surface area contributed by atoms with Gasteiger partial charge in [0.25, 0.3) is 5.91 Å². The second kappa shape index (κ2) is 5.45. The van der Waals surface area contributed by atoms with E-state index in [4.69, 9.17) is 4.42 Å². The van der Waals surface area contributed by atoms with Crippen LogP contribution >= 0.6 is 0 Å². The summed E-state index contributed by atoms with van der Waals surface area (Å²) in [5.41, 5.74) is -0.153. The number of pyridine rings is 1. The van der Waals surface area contributed by atoms with Crippen molar-refractivity contribution in [3.8, 4) is 0 Å². The summed E-state index contributed by atoms with van der Waals surface area (Å²) in [5.74, 6) is 0.0199. The summed E-state index contributed by atoms with van der Waals surface area (Å²) in [6.07, 6.45) is -2.15. The Kier molecular flexibility index (Phi) is 3.59. The van der Waals surface area contributed by atoms with Gasteiger partial charge in [0.15, 0.2) is 0 Å². The third-order valence-electron chi connectivity index (χ3n) is 3.34. The van der Waals surface area contributed by atoms with Crippen molar-refractivity contribution in [1.82, 2.24) is 14.7 Å². The molecule has 0 unspecified atom stereocenters. The Morgan fingerprint density at radius 1 is 1.35 bits per heavy atom. The Morgan fingerprint density at radius 3 is 2.78 bits per heavy atom. The minimum atomic E-state index is -4.49.